The van der Waals surface area contributed by atoms with E-state index in [0.29, 0.717) is 52.2 Å². The van der Waals surface area contributed by atoms with Crippen molar-refractivity contribution in [3.63, 3.8) is 0 Å². The highest BCUT2D eigenvalue weighted by molar-refractivity contribution is 5.80. The number of morpholine rings is 1. The molecule has 1 aromatic rings. The molecule has 2 fully saturated rings. The molecule has 0 atom stereocenters. The zero-order valence-corrected chi connectivity index (χ0v) is 15.4. The fraction of sp³-hybridized carbons (Fsp3) is 0.579. The van der Waals surface area contributed by atoms with Gasteiger partial charge in [-0.15, -0.1) is 0 Å². The number of alkyl halides is 3. The van der Waals surface area contributed by atoms with Crippen molar-refractivity contribution in [3.05, 3.63) is 29.8 Å². The number of benzene rings is 1. The third-order valence-corrected chi connectivity index (χ3v) is 5.04. The average Bonchev–Trinajstić information content (AvgIpc) is 2.72. The highest BCUT2D eigenvalue weighted by atomic mass is 19.4. The number of ether oxygens (including phenoxy) is 2. The maximum atomic E-state index is 12.7. The summed E-state index contributed by atoms with van der Waals surface area (Å²) in [4.78, 5) is 28.2. The first-order chi connectivity index (χ1) is 13.3. The molecule has 154 valence electrons. The molecule has 2 aliphatic heterocycles. The Kier molecular flexibility index (Phi) is 6.43. The van der Waals surface area contributed by atoms with Crippen LogP contribution in [0.1, 0.15) is 18.4 Å². The Labute approximate surface area is 161 Å². The highest BCUT2D eigenvalue weighted by Crippen LogP contribution is 2.31. The number of rotatable bonds is 4. The second-order valence-electron chi connectivity index (χ2n) is 6.91. The monoisotopic (exact) mass is 400 g/mol. The summed E-state index contributed by atoms with van der Waals surface area (Å²) in [7, 11) is 0. The number of amides is 2. The normalized spacial score (nSPS) is 18.8. The first kappa shape index (κ1) is 20.4. The molecule has 2 saturated heterocycles. The van der Waals surface area contributed by atoms with Gasteiger partial charge in [0.05, 0.1) is 18.8 Å². The van der Waals surface area contributed by atoms with Crippen molar-refractivity contribution in [1.82, 2.24) is 9.80 Å². The quantitative estimate of drug-likeness (QED) is 0.778. The van der Waals surface area contributed by atoms with E-state index in [1.165, 1.54) is 12.1 Å². The summed E-state index contributed by atoms with van der Waals surface area (Å²) in [6.07, 6.45) is -3.31. The Morgan fingerprint density at radius 2 is 1.75 bits per heavy atom. The van der Waals surface area contributed by atoms with E-state index in [1.807, 2.05) is 4.90 Å². The number of hydrogen-bond acceptors (Lipinski definition) is 4. The fourth-order valence-corrected chi connectivity index (χ4v) is 3.42. The van der Waals surface area contributed by atoms with E-state index in [1.54, 1.807) is 4.90 Å². The zero-order valence-electron chi connectivity index (χ0n) is 15.4. The van der Waals surface area contributed by atoms with Gasteiger partial charge in [0.15, 0.2) is 6.61 Å². The van der Waals surface area contributed by atoms with Gasteiger partial charge in [-0.3, -0.25) is 9.59 Å². The van der Waals surface area contributed by atoms with Crippen LogP contribution in [0.2, 0.25) is 0 Å². The lowest BCUT2D eigenvalue weighted by molar-refractivity contribution is -0.144. The predicted octanol–water partition coefficient (Wildman–Crippen LogP) is 2.18. The van der Waals surface area contributed by atoms with Gasteiger partial charge >= 0.3 is 6.18 Å². The van der Waals surface area contributed by atoms with Gasteiger partial charge in [-0.2, -0.15) is 13.2 Å². The van der Waals surface area contributed by atoms with Crippen molar-refractivity contribution in [2.45, 2.75) is 19.0 Å². The number of hydrogen-bond donors (Lipinski definition) is 0. The molecule has 0 saturated carbocycles. The van der Waals surface area contributed by atoms with E-state index in [-0.39, 0.29) is 30.1 Å². The van der Waals surface area contributed by atoms with Gasteiger partial charge in [0.1, 0.15) is 5.75 Å². The third kappa shape index (κ3) is 5.15. The van der Waals surface area contributed by atoms with Crippen LogP contribution in [0.5, 0.6) is 5.75 Å². The van der Waals surface area contributed by atoms with Gasteiger partial charge in [-0.05, 0) is 31.0 Å². The lowest BCUT2D eigenvalue weighted by Crippen LogP contribution is -2.48. The number of carbonyl (C=O) groups is 2. The molecule has 9 heteroatoms. The van der Waals surface area contributed by atoms with E-state index < -0.39 is 11.7 Å². The van der Waals surface area contributed by atoms with Crippen molar-refractivity contribution in [2.24, 2.45) is 5.92 Å². The zero-order chi connectivity index (χ0) is 20.1. The molecule has 3 rings (SSSR count). The van der Waals surface area contributed by atoms with Crippen LogP contribution in [0.3, 0.4) is 0 Å². The molecule has 2 heterocycles. The van der Waals surface area contributed by atoms with Gasteiger partial charge < -0.3 is 19.3 Å². The maximum Gasteiger partial charge on any atom is 0.416 e. The Morgan fingerprint density at radius 1 is 1.07 bits per heavy atom. The first-order valence-electron chi connectivity index (χ1n) is 9.29. The van der Waals surface area contributed by atoms with Gasteiger partial charge in [0, 0.05) is 32.1 Å². The van der Waals surface area contributed by atoms with Crippen LogP contribution in [0.25, 0.3) is 0 Å². The summed E-state index contributed by atoms with van der Waals surface area (Å²) in [5, 5.41) is 0. The van der Waals surface area contributed by atoms with Crippen LogP contribution in [0.4, 0.5) is 13.2 Å². The van der Waals surface area contributed by atoms with Crippen LogP contribution >= 0.6 is 0 Å². The average molecular weight is 400 g/mol. The molecule has 0 spiro atoms. The standard InChI is InChI=1S/C19H23F3N2O4/c20-19(21,22)15-2-1-3-16(12-15)28-13-17(25)23-6-4-14(5-7-23)18(26)24-8-10-27-11-9-24/h1-3,12,14H,4-11,13H2. The summed E-state index contributed by atoms with van der Waals surface area (Å²) < 4.78 is 48.7. The third-order valence-electron chi connectivity index (χ3n) is 5.04. The molecule has 0 aliphatic carbocycles. The largest absolute Gasteiger partial charge is 0.484 e. The molecule has 6 nitrogen and oxygen atoms in total. The minimum Gasteiger partial charge on any atom is -0.484 e. The SMILES string of the molecule is O=C(COc1cccc(C(F)(F)F)c1)N1CCC(C(=O)N2CCOCC2)CC1. The molecule has 0 unspecified atom stereocenters. The topological polar surface area (TPSA) is 59.1 Å². The second kappa shape index (κ2) is 8.81. The molecular formula is C19H23F3N2O4. The molecular weight excluding hydrogens is 377 g/mol. The number of nitrogens with zero attached hydrogens (tertiary/aromatic N) is 2. The Morgan fingerprint density at radius 3 is 2.39 bits per heavy atom. The summed E-state index contributed by atoms with van der Waals surface area (Å²) in [6, 6.07) is 4.45. The van der Waals surface area contributed by atoms with Crippen molar-refractivity contribution in [2.75, 3.05) is 46.0 Å². The maximum absolute atomic E-state index is 12.7. The summed E-state index contributed by atoms with van der Waals surface area (Å²) in [5.41, 5.74) is -0.820. The van der Waals surface area contributed by atoms with Crippen molar-refractivity contribution in [3.8, 4) is 5.75 Å². The minimum absolute atomic E-state index is 0.000515. The molecule has 0 aromatic heterocycles. The lowest BCUT2D eigenvalue weighted by atomic mass is 9.95. The summed E-state index contributed by atoms with van der Waals surface area (Å²) >= 11 is 0. The molecule has 2 amide bonds. The van der Waals surface area contributed by atoms with Crippen LogP contribution in [-0.4, -0.2) is 67.6 Å². The first-order valence-corrected chi connectivity index (χ1v) is 9.29. The van der Waals surface area contributed by atoms with Crippen LogP contribution in [-0.2, 0) is 20.5 Å². The van der Waals surface area contributed by atoms with Gasteiger partial charge in [-0.1, -0.05) is 6.07 Å². The van der Waals surface area contributed by atoms with E-state index in [4.69, 9.17) is 9.47 Å². The van der Waals surface area contributed by atoms with Crippen molar-refractivity contribution >= 4 is 11.8 Å². The number of halogens is 3. The van der Waals surface area contributed by atoms with Gasteiger partial charge in [0.25, 0.3) is 5.91 Å². The van der Waals surface area contributed by atoms with Crippen LogP contribution < -0.4 is 4.74 Å². The molecule has 2 aliphatic rings. The van der Waals surface area contributed by atoms with Gasteiger partial charge in [-0.25, -0.2) is 0 Å². The van der Waals surface area contributed by atoms with Crippen molar-refractivity contribution < 1.29 is 32.2 Å². The van der Waals surface area contributed by atoms with Gasteiger partial charge in [0.2, 0.25) is 5.91 Å². The molecule has 1 aromatic carbocycles. The molecule has 0 bridgehead atoms. The number of likely N-dealkylation sites (tertiary alicyclic amines) is 1. The van der Waals surface area contributed by atoms with E-state index >= 15 is 0 Å². The summed E-state index contributed by atoms with van der Waals surface area (Å²) in [5.74, 6) is -0.294. The van der Waals surface area contributed by atoms with E-state index in [9.17, 15) is 22.8 Å². The fourth-order valence-electron chi connectivity index (χ4n) is 3.42. The number of piperidine rings is 1. The number of carbonyl (C=O) groups excluding carboxylic acids is 2. The van der Waals surface area contributed by atoms with Crippen LogP contribution in [0.15, 0.2) is 24.3 Å². The smallest absolute Gasteiger partial charge is 0.416 e. The summed E-state index contributed by atoms with van der Waals surface area (Å²) in [6.45, 7) is 2.85. The molecule has 28 heavy (non-hydrogen) atoms. The minimum atomic E-state index is -4.46. The highest BCUT2D eigenvalue weighted by Gasteiger charge is 2.32. The Bertz CT molecular complexity index is 697. The van der Waals surface area contributed by atoms with Crippen molar-refractivity contribution in [1.29, 1.82) is 0 Å². The van der Waals surface area contributed by atoms with Crippen LogP contribution in [0, 0.1) is 5.92 Å². The predicted molar refractivity (Wildman–Crippen MR) is 93.6 cm³/mol. The Balaban J connectivity index is 1.46. The van der Waals surface area contributed by atoms with E-state index in [2.05, 4.69) is 0 Å². The van der Waals surface area contributed by atoms with E-state index in [0.717, 1.165) is 12.1 Å². The second-order valence-corrected chi connectivity index (χ2v) is 6.91. The molecule has 0 radical (unpaired) electrons. The Hall–Kier alpha value is -2.29. The molecule has 0 N–H and O–H groups in total. The lowest BCUT2D eigenvalue weighted by Gasteiger charge is -2.35.